The molecular weight excluding hydrogens is 396 g/mol. The molecule has 6 nitrogen and oxygen atoms in total. The number of hydrogen-bond donors (Lipinski definition) is 0. The molecule has 136 valence electrons. The van der Waals surface area contributed by atoms with Crippen LogP contribution in [0.3, 0.4) is 0 Å². The summed E-state index contributed by atoms with van der Waals surface area (Å²) in [5.74, 6) is 2.01. The zero-order valence-electron chi connectivity index (χ0n) is 14.6. The molecule has 0 spiro atoms. The van der Waals surface area contributed by atoms with Crippen LogP contribution in [0.1, 0.15) is 23.2 Å². The van der Waals surface area contributed by atoms with Crippen LogP contribution in [0.4, 0.5) is 5.95 Å². The Morgan fingerprint density at radius 3 is 2.73 bits per heavy atom. The number of carbonyl (C=O) groups is 1. The van der Waals surface area contributed by atoms with Gasteiger partial charge in [-0.15, -0.1) is 0 Å². The van der Waals surface area contributed by atoms with Gasteiger partial charge in [-0.2, -0.15) is 0 Å². The molecule has 2 aliphatic rings. The largest absolute Gasteiger partial charge is 0.494 e. The molecule has 2 aliphatic heterocycles. The Bertz CT molecular complexity index is 798. The van der Waals surface area contributed by atoms with Crippen LogP contribution >= 0.6 is 15.9 Å². The molecule has 2 unspecified atom stereocenters. The maximum absolute atomic E-state index is 13.0. The zero-order valence-corrected chi connectivity index (χ0v) is 16.2. The number of fused-ring (bicyclic) bond motifs is 1. The molecule has 0 aliphatic carbocycles. The predicted octanol–water partition coefficient (Wildman–Crippen LogP) is 2.99. The van der Waals surface area contributed by atoms with E-state index in [1.165, 1.54) is 0 Å². The summed E-state index contributed by atoms with van der Waals surface area (Å²) in [5, 5.41) is 0. The third-order valence-corrected chi connectivity index (χ3v) is 5.82. The molecule has 2 atom stereocenters. The monoisotopic (exact) mass is 416 g/mol. The van der Waals surface area contributed by atoms with Crippen LogP contribution in [0.25, 0.3) is 0 Å². The topological polar surface area (TPSA) is 58.6 Å². The number of likely N-dealkylation sites (tertiary alicyclic amines) is 1. The Morgan fingerprint density at radius 2 is 2.00 bits per heavy atom. The van der Waals surface area contributed by atoms with E-state index in [0.29, 0.717) is 17.6 Å². The van der Waals surface area contributed by atoms with Gasteiger partial charge in [0.05, 0.1) is 25.5 Å². The van der Waals surface area contributed by atoms with Crippen molar-refractivity contribution in [2.24, 2.45) is 5.92 Å². The van der Waals surface area contributed by atoms with Crippen molar-refractivity contribution in [3.8, 4) is 5.75 Å². The summed E-state index contributed by atoms with van der Waals surface area (Å²) in [5.41, 5.74) is 0.734. The molecule has 7 heteroatoms. The lowest BCUT2D eigenvalue weighted by atomic mass is 9.92. The normalized spacial score (nSPS) is 22.2. The summed E-state index contributed by atoms with van der Waals surface area (Å²) in [4.78, 5) is 26.0. The fourth-order valence-electron chi connectivity index (χ4n) is 3.94. The van der Waals surface area contributed by atoms with Gasteiger partial charge in [-0.05, 0) is 37.0 Å². The summed E-state index contributed by atoms with van der Waals surface area (Å²) in [6.07, 6.45) is 5.50. The highest BCUT2D eigenvalue weighted by Gasteiger charge is 2.41. The Labute approximate surface area is 161 Å². The summed E-state index contributed by atoms with van der Waals surface area (Å²) in [6, 6.07) is 7.83. The van der Waals surface area contributed by atoms with E-state index in [9.17, 15) is 4.79 Å². The highest BCUT2D eigenvalue weighted by atomic mass is 79.9. The molecule has 2 fully saturated rings. The second-order valence-electron chi connectivity index (χ2n) is 6.78. The molecule has 1 aromatic carbocycles. The number of aromatic nitrogens is 2. The van der Waals surface area contributed by atoms with Gasteiger partial charge in [-0.1, -0.05) is 22.0 Å². The van der Waals surface area contributed by atoms with Crippen molar-refractivity contribution in [1.29, 1.82) is 0 Å². The van der Waals surface area contributed by atoms with Crippen molar-refractivity contribution in [1.82, 2.24) is 14.9 Å². The van der Waals surface area contributed by atoms with Crippen molar-refractivity contribution in [2.45, 2.75) is 18.9 Å². The summed E-state index contributed by atoms with van der Waals surface area (Å²) >= 11 is 3.45. The van der Waals surface area contributed by atoms with E-state index in [1.807, 2.05) is 29.2 Å². The summed E-state index contributed by atoms with van der Waals surface area (Å²) < 4.78 is 6.06. The Balaban J connectivity index is 1.52. The number of nitrogens with zero attached hydrogens (tertiary/aromatic N) is 4. The van der Waals surface area contributed by atoms with Crippen LogP contribution in [0, 0.1) is 5.92 Å². The maximum atomic E-state index is 13.0. The molecule has 1 amide bonds. The first-order chi connectivity index (χ1) is 12.7. The van der Waals surface area contributed by atoms with Crippen molar-refractivity contribution in [2.75, 3.05) is 31.6 Å². The number of halogens is 1. The quantitative estimate of drug-likeness (QED) is 0.769. The SMILES string of the molecule is COc1cnc(N2CCC3CCN(C(=O)c4cccc(Br)c4)C3C2)nc1. The average molecular weight is 417 g/mol. The molecule has 1 aromatic heterocycles. The van der Waals surface area contributed by atoms with Crippen LogP contribution < -0.4 is 9.64 Å². The Kier molecular flexibility index (Phi) is 4.80. The number of piperidine rings is 1. The van der Waals surface area contributed by atoms with Gasteiger partial charge in [0.15, 0.2) is 5.75 Å². The van der Waals surface area contributed by atoms with Gasteiger partial charge in [-0.25, -0.2) is 9.97 Å². The van der Waals surface area contributed by atoms with Crippen LogP contribution in [-0.2, 0) is 0 Å². The average Bonchev–Trinajstić information content (AvgIpc) is 3.10. The van der Waals surface area contributed by atoms with E-state index < -0.39 is 0 Å². The molecule has 4 rings (SSSR count). The minimum atomic E-state index is 0.108. The number of carbonyl (C=O) groups excluding carboxylic acids is 1. The van der Waals surface area contributed by atoms with Crippen LogP contribution in [0.15, 0.2) is 41.1 Å². The minimum absolute atomic E-state index is 0.108. The van der Waals surface area contributed by atoms with Crippen LogP contribution in [-0.4, -0.2) is 53.6 Å². The lowest BCUT2D eigenvalue weighted by Gasteiger charge is -2.38. The smallest absolute Gasteiger partial charge is 0.254 e. The number of hydrogen-bond acceptors (Lipinski definition) is 5. The van der Waals surface area contributed by atoms with E-state index in [1.54, 1.807) is 19.5 Å². The van der Waals surface area contributed by atoms with Gasteiger partial charge in [0.25, 0.3) is 5.91 Å². The first-order valence-corrected chi connectivity index (χ1v) is 9.62. The number of anilines is 1. The van der Waals surface area contributed by atoms with Crippen molar-refractivity contribution >= 4 is 27.8 Å². The highest BCUT2D eigenvalue weighted by molar-refractivity contribution is 9.10. The van der Waals surface area contributed by atoms with Crippen molar-refractivity contribution in [3.63, 3.8) is 0 Å². The van der Waals surface area contributed by atoms with Gasteiger partial charge >= 0.3 is 0 Å². The van der Waals surface area contributed by atoms with E-state index in [-0.39, 0.29) is 11.9 Å². The number of methoxy groups -OCH3 is 1. The fourth-order valence-corrected chi connectivity index (χ4v) is 4.34. The zero-order chi connectivity index (χ0) is 18.1. The minimum Gasteiger partial charge on any atom is -0.494 e. The molecule has 26 heavy (non-hydrogen) atoms. The molecule has 0 radical (unpaired) electrons. The second-order valence-corrected chi connectivity index (χ2v) is 7.70. The second kappa shape index (κ2) is 7.23. The van der Waals surface area contributed by atoms with E-state index in [0.717, 1.165) is 42.5 Å². The van der Waals surface area contributed by atoms with Crippen molar-refractivity contribution < 1.29 is 9.53 Å². The van der Waals surface area contributed by atoms with Crippen LogP contribution in [0.5, 0.6) is 5.75 Å². The third kappa shape index (κ3) is 3.28. The lowest BCUT2D eigenvalue weighted by molar-refractivity contribution is 0.0711. The molecule has 2 aromatic rings. The number of amides is 1. The van der Waals surface area contributed by atoms with Gasteiger partial charge in [0.1, 0.15) is 0 Å². The standard InChI is InChI=1S/C19H21BrN4O2/c1-26-16-10-21-19(22-11-16)23-7-5-13-6-8-24(17(13)12-23)18(25)14-3-2-4-15(20)9-14/h2-4,9-11,13,17H,5-8,12H2,1H3. The number of rotatable bonds is 3. The summed E-state index contributed by atoms with van der Waals surface area (Å²) in [7, 11) is 1.60. The van der Waals surface area contributed by atoms with E-state index in [4.69, 9.17) is 4.74 Å². The van der Waals surface area contributed by atoms with Gasteiger partial charge in [-0.3, -0.25) is 4.79 Å². The van der Waals surface area contributed by atoms with E-state index >= 15 is 0 Å². The van der Waals surface area contributed by atoms with Gasteiger partial charge < -0.3 is 14.5 Å². The molecule has 0 bridgehead atoms. The molecule has 3 heterocycles. The molecular formula is C19H21BrN4O2. The Hall–Kier alpha value is -2.15. The highest BCUT2D eigenvalue weighted by Crippen LogP contribution is 2.34. The molecule has 2 saturated heterocycles. The molecule has 0 saturated carbocycles. The van der Waals surface area contributed by atoms with Gasteiger partial charge in [0, 0.05) is 29.7 Å². The number of benzene rings is 1. The Morgan fingerprint density at radius 1 is 1.23 bits per heavy atom. The third-order valence-electron chi connectivity index (χ3n) is 5.33. The maximum Gasteiger partial charge on any atom is 0.254 e. The predicted molar refractivity (Wildman–Crippen MR) is 102 cm³/mol. The van der Waals surface area contributed by atoms with Gasteiger partial charge in [0.2, 0.25) is 5.95 Å². The number of ether oxygens (including phenoxy) is 1. The first-order valence-electron chi connectivity index (χ1n) is 8.83. The summed E-state index contributed by atoms with van der Waals surface area (Å²) in [6.45, 7) is 2.52. The van der Waals surface area contributed by atoms with Crippen LogP contribution in [0.2, 0.25) is 0 Å². The van der Waals surface area contributed by atoms with E-state index in [2.05, 4.69) is 30.8 Å². The lowest BCUT2D eigenvalue weighted by Crippen LogP contribution is -2.50. The first kappa shape index (κ1) is 17.3. The van der Waals surface area contributed by atoms with Crippen molar-refractivity contribution in [3.05, 3.63) is 46.7 Å². The molecule has 0 N–H and O–H groups in total. The fraction of sp³-hybridized carbons (Fsp3) is 0.421.